The number of nitrogens with two attached hydrogens (primary N) is 1. The van der Waals surface area contributed by atoms with Gasteiger partial charge in [0, 0.05) is 31.6 Å². The van der Waals surface area contributed by atoms with Crippen molar-refractivity contribution in [2.24, 2.45) is 17.6 Å². The quantitative estimate of drug-likeness (QED) is 0.820. The van der Waals surface area contributed by atoms with E-state index in [1.165, 1.54) is 0 Å². The summed E-state index contributed by atoms with van der Waals surface area (Å²) in [6.07, 6.45) is 5.43. The van der Waals surface area contributed by atoms with Crippen molar-refractivity contribution in [1.82, 2.24) is 10.2 Å². The van der Waals surface area contributed by atoms with Gasteiger partial charge < -0.3 is 16.0 Å². The third-order valence-electron chi connectivity index (χ3n) is 4.48. The van der Waals surface area contributed by atoms with E-state index in [0.29, 0.717) is 6.54 Å². The Morgan fingerprint density at radius 2 is 2.00 bits per heavy atom. The van der Waals surface area contributed by atoms with Crippen molar-refractivity contribution < 1.29 is 9.59 Å². The lowest BCUT2D eigenvalue weighted by atomic mass is 9.95. The number of hydrogen-bond acceptors (Lipinski definition) is 3. The number of likely N-dealkylation sites (tertiary alicyclic amines) is 1. The molecule has 0 bridgehead atoms. The lowest BCUT2D eigenvalue weighted by Gasteiger charge is -2.33. The average molecular weight is 318 g/mol. The topological polar surface area (TPSA) is 75.4 Å². The molecule has 1 aliphatic heterocycles. The SMILES string of the molecule is CCCNC(=O)C1CCCN(C(=O)C2CCC(N)C2)C1.Cl. The molecule has 2 rings (SSSR count). The number of carbonyl (C=O) groups is 2. The molecule has 0 aromatic carbocycles. The van der Waals surface area contributed by atoms with Gasteiger partial charge in [-0.25, -0.2) is 0 Å². The lowest BCUT2D eigenvalue weighted by Crippen LogP contribution is -2.47. The van der Waals surface area contributed by atoms with Gasteiger partial charge in [0.05, 0.1) is 5.92 Å². The standard InChI is InChI=1S/C15H27N3O2.ClH/c1-2-7-17-14(19)12-4-3-8-18(10-12)15(20)11-5-6-13(16)9-11;/h11-13H,2-10,16H2,1H3,(H,17,19);1H. The van der Waals surface area contributed by atoms with Gasteiger partial charge >= 0.3 is 0 Å². The van der Waals surface area contributed by atoms with Crippen LogP contribution in [-0.4, -0.2) is 42.4 Å². The van der Waals surface area contributed by atoms with E-state index in [1.807, 2.05) is 11.8 Å². The number of hydrogen-bond donors (Lipinski definition) is 2. The fourth-order valence-corrected chi connectivity index (χ4v) is 3.28. The first-order valence-corrected chi connectivity index (χ1v) is 7.94. The molecule has 1 saturated carbocycles. The minimum absolute atomic E-state index is 0. The first kappa shape index (κ1) is 18.2. The van der Waals surface area contributed by atoms with Gasteiger partial charge in [0.15, 0.2) is 0 Å². The van der Waals surface area contributed by atoms with Gasteiger partial charge in [-0.05, 0) is 38.5 Å². The molecule has 21 heavy (non-hydrogen) atoms. The highest BCUT2D eigenvalue weighted by atomic mass is 35.5. The summed E-state index contributed by atoms with van der Waals surface area (Å²) in [5.41, 5.74) is 5.89. The van der Waals surface area contributed by atoms with Gasteiger partial charge in [0.1, 0.15) is 0 Å². The smallest absolute Gasteiger partial charge is 0.225 e. The van der Waals surface area contributed by atoms with Gasteiger partial charge in [-0.1, -0.05) is 6.92 Å². The largest absolute Gasteiger partial charge is 0.356 e. The number of piperidine rings is 1. The molecule has 122 valence electrons. The van der Waals surface area contributed by atoms with Crippen LogP contribution < -0.4 is 11.1 Å². The highest BCUT2D eigenvalue weighted by Gasteiger charge is 2.34. The summed E-state index contributed by atoms with van der Waals surface area (Å²) in [4.78, 5) is 26.4. The van der Waals surface area contributed by atoms with E-state index in [9.17, 15) is 9.59 Å². The molecule has 2 fully saturated rings. The number of carbonyl (C=O) groups excluding carboxylic acids is 2. The summed E-state index contributed by atoms with van der Waals surface area (Å²) in [7, 11) is 0. The van der Waals surface area contributed by atoms with Crippen molar-refractivity contribution in [3.63, 3.8) is 0 Å². The van der Waals surface area contributed by atoms with E-state index in [-0.39, 0.29) is 42.1 Å². The van der Waals surface area contributed by atoms with Crippen LogP contribution in [0.5, 0.6) is 0 Å². The van der Waals surface area contributed by atoms with Crippen molar-refractivity contribution in [3.8, 4) is 0 Å². The third kappa shape index (κ3) is 4.85. The summed E-state index contributed by atoms with van der Waals surface area (Å²) in [6.45, 7) is 4.14. The minimum Gasteiger partial charge on any atom is -0.356 e. The molecule has 2 amide bonds. The molecule has 3 atom stereocenters. The Labute approximate surface area is 133 Å². The Bertz CT molecular complexity index is 365. The summed E-state index contributed by atoms with van der Waals surface area (Å²) < 4.78 is 0. The highest BCUT2D eigenvalue weighted by Crippen LogP contribution is 2.28. The lowest BCUT2D eigenvalue weighted by molar-refractivity contribution is -0.139. The highest BCUT2D eigenvalue weighted by molar-refractivity contribution is 5.85. The maximum atomic E-state index is 12.5. The molecule has 6 heteroatoms. The van der Waals surface area contributed by atoms with Crippen molar-refractivity contribution in [2.45, 2.75) is 51.5 Å². The van der Waals surface area contributed by atoms with Crippen LogP contribution in [0, 0.1) is 11.8 Å². The van der Waals surface area contributed by atoms with E-state index in [0.717, 1.165) is 51.6 Å². The molecule has 0 aromatic rings. The second-order valence-electron chi connectivity index (χ2n) is 6.18. The van der Waals surface area contributed by atoms with Crippen molar-refractivity contribution in [1.29, 1.82) is 0 Å². The van der Waals surface area contributed by atoms with Gasteiger partial charge in [-0.15, -0.1) is 12.4 Å². The van der Waals surface area contributed by atoms with E-state index in [2.05, 4.69) is 5.32 Å². The Morgan fingerprint density at radius 1 is 1.24 bits per heavy atom. The second kappa shape index (κ2) is 8.59. The summed E-state index contributed by atoms with van der Waals surface area (Å²) >= 11 is 0. The van der Waals surface area contributed by atoms with Crippen LogP contribution in [0.1, 0.15) is 45.4 Å². The minimum atomic E-state index is -0.0330. The molecule has 1 heterocycles. The third-order valence-corrected chi connectivity index (χ3v) is 4.48. The van der Waals surface area contributed by atoms with Gasteiger partial charge in [0.25, 0.3) is 0 Å². The number of nitrogens with zero attached hydrogens (tertiary/aromatic N) is 1. The molecular formula is C15H28ClN3O2. The van der Waals surface area contributed by atoms with Crippen LogP contribution in [0.3, 0.4) is 0 Å². The molecule has 1 saturated heterocycles. The van der Waals surface area contributed by atoms with E-state index in [1.54, 1.807) is 0 Å². The van der Waals surface area contributed by atoms with E-state index >= 15 is 0 Å². The van der Waals surface area contributed by atoms with Gasteiger partial charge in [-0.2, -0.15) is 0 Å². The van der Waals surface area contributed by atoms with Crippen LogP contribution in [0.2, 0.25) is 0 Å². The summed E-state index contributed by atoms with van der Waals surface area (Å²) in [5, 5.41) is 2.94. The monoisotopic (exact) mass is 317 g/mol. The van der Waals surface area contributed by atoms with E-state index in [4.69, 9.17) is 5.73 Å². The van der Waals surface area contributed by atoms with Crippen LogP contribution in [0.15, 0.2) is 0 Å². The van der Waals surface area contributed by atoms with Crippen LogP contribution in [-0.2, 0) is 9.59 Å². The zero-order valence-electron chi connectivity index (χ0n) is 12.8. The van der Waals surface area contributed by atoms with Crippen LogP contribution in [0.25, 0.3) is 0 Å². The zero-order valence-corrected chi connectivity index (χ0v) is 13.7. The first-order valence-electron chi connectivity index (χ1n) is 7.94. The molecule has 3 unspecified atom stereocenters. The molecule has 1 aliphatic carbocycles. The summed E-state index contributed by atoms with van der Waals surface area (Å²) in [5.74, 6) is 0.371. The maximum absolute atomic E-state index is 12.5. The second-order valence-corrected chi connectivity index (χ2v) is 6.18. The first-order chi connectivity index (χ1) is 9.61. The molecule has 5 nitrogen and oxygen atoms in total. The Kier molecular flexibility index (Phi) is 7.46. The van der Waals surface area contributed by atoms with Crippen LogP contribution in [0.4, 0.5) is 0 Å². The van der Waals surface area contributed by atoms with Crippen molar-refractivity contribution >= 4 is 24.2 Å². The number of halogens is 1. The number of nitrogens with one attached hydrogen (secondary N) is 1. The molecule has 0 radical (unpaired) electrons. The van der Waals surface area contributed by atoms with Gasteiger partial charge in [0.2, 0.25) is 11.8 Å². The van der Waals surface area contributed by atoms with Crippen molar-refractivity contribution in [3.05, 3.63) is 0 Å². The number of amides is 2. The molecule has 2 aliphatic rings. The molecule has 0 aromatic heterocycles. The van der Waals surface area contributed by atoms with E-state index < -0.39 is 0 Å². The molecule has 0 spiro atoms. The Balaban J connectivity index is 0.00000220. The predicted octanol–water partition coefficient (Wildman–Crippen LogP) is 1.30. The van der Waals surface area contributed by atoms with Gasteiger partial charge in [-0.3, -0.25) is 9.59 Å². The van der Waals surface area contributed by atoms with Crippen molar-refractivity contribution in [2.75, 3.05) is 19.6 Å². The number of rotatable bonds is 4. The Hall–Kier alpha value is -0.810. The fourth-order valence-electron chi connectivity index (χ4n) is 3.28. The van der Waals surface area contributed by atoms with Crippen LogP contribution >= 0.6 is 12.4 Å². The Morgan fingerprint density at radius 3 is 2.62 bits per heavy atom. The zero-order chi connectivity index (χ0) is 14.5. The maximum Gasteiger partial charge on any atom is 0.225 e. The fraction of sp³-hybridized carbons (Fsp3) is 0.867. The normalized spacial score (nSPS) is 28.9. The average Bonchev–Trinajstić information content (AvgIpc) is 2.90. The molecular weight excluding hydrogens is 290 g/mol. The summed E-state index contributed by atoms with van der Waals surface area (Å²) in [6, 6.07) is 0.178. The predicted molar refractivity (Wildman–Crippen MR) is 85.2 cm³/mol. The molecule has 3 N–H and O–H groups in total.